The predicted molar refractivity (Wildman–Crippen MR) is 39.6 cm³/mol. The lowest BCUT2D eigenvalue weighted by Crippen LogP contribution is -2.06. The molecule has 3 heteroatoms. The van der Waals surface area contributed by atoms with Gasteiger partial charge in [0.2, 0.25) is 0 Å². The van der Waals surface area contributed by atoms with Gasteiger partial charge in [0.05, 0.1) is 12.5 Å². The average Bonchev–Trinajstić information content (AvgIpc) is 1.88. The second kappa shape index (κ2) is 5.22. The molecule has 0 saturated carbocycles. The molecule has 1 atom stereocenters. The van der Waals surface area contributed by atoms with Gasteiger partial charge in [-0.05, 0) is 18.9 Å². The Kier molecular flexibility index (Phi) is 4.99. The van der Waals surface area contributed by atoms with Crippen LogP contribution in [-0.4, -0.2) is 12.8 Å². The first kappa shape index (κ1) is 10.5. The standard InChI is InChI=1S/C8H13F3/c1-3-7(6(2)10)8(11)4-5-9/h8H,3-5H2,1-2H3. The summed E-state index contributed by atoms with van der Waals surface area (Å²) in [4.78, 5) is 0. The fraction of sp³-hybridized carbons (Fsp3) is 0.750. The van der Waals surface area contributed by atoms with E-state index in [2.05, 4.69) is 0 Å². The number of alkyl halides is 2. The van der Waals surface area contributed by atoms with Crippen LogP contribution < -0.4 is 0 Å². The molecule has 0 nitrogen and oxygen atoms in total. The molecule has 0 aliphatic rings. The average molecular weight is 166 g/mol. The summed E-state index contributed by atoms with van der Waals surface area (Å²) in [6.45, 7) is 2.12. The molecule has 0 rings (SSSR count). The van der Waals surface area contributed by atoms with Gasteiger partial charge in [-0.15, -0.1) is 0 Å². The Morgan fingerprint density at radius 3 is 2.27 bits per heavy atom. The van der Waals surface area contributed by atoms with E-state index in [9.17, 15) is 13.2 Å². The normalized spacial score (nSPS) is 16.1. The van der Waals surface area contributed by atoms with Crippen molar-refractivity contribution in [3.05, 3.63) is 11.4 Å². The molecule has 0 aromatic carbocycles. The van der Waals surface area contributed by atoms with E-state index in [-0.39, 0.29) is 12.0 Å². The number of rotatable bonds is 4. The molecule has 11 heavy (non-hydrogen) atoms. The Morgan fingerprint density at radius 1 is 1.45 bits per heavy atom. The molecule has 66 valence electrons. The molecule has 0 amide bonds. The van der Waals surface area contributed by atoms with Crippen molar-refractivity contribution in [3.8, 4) is 0 Å². The lowest BCUT2D eigenvalue weighted by molar-refractivity contribution is 0.309. The number of hydrogen-bond acceptors (Lipinski definition) is 0. The maximum absolute atomic E-state index is 12.8. The van der Waals surface area contributed by atoms with E-state index in [1.165, 1.54) is 6.92 Å². The maximum atomic E-state index is 12.8. The summed E-state index contributed by atoms with van der Waals surface area (Å²) >= 11 is 0. The summed E-state index contributed by atoms with van der Waals surface area (Å²) in [6.07, 6.45) is -1.37. The molecule has 0 aromatic rings. The highest BCUT2D eigenvalue weighted by atomic mass is 19.1. The van der Waals surface area contributed by atoms with Crippen molar-refractivity contribution in [2.24, 2.45) is 0 Å². The van der Waals surface area contributed by atoms with Crippen LogP contribution in [0.3, 0.4) is 0 Å². The van der Waals surface area contributed by atoms with E-state index in [0.717, 1.165) is 0 Å². The van der Waals surface area contributed by atoms with E-state index < -0.39 is 18.7 Å². The highest BCUT2D eigenvalue weighted by Crippen LogP contribution is 2.19. The topological polar surface area (TPSA) is 0 Å². The summed E-state index contributed by atoms with van der Waals surface area (Å²) in [5.74, 6) is -0.520. The van der Waals surface area contributed by atoms with Gasteiger partial charge in [-0.2, -0.15) is 0 Å². The van der Waals surface area contributed by atoms with E-state index in [1.54, 1.807) is 6.92 Å². The minimum atomic E-state index is -1.45. The number of hydrogen-bond donors (Lipinski definition) is 0. The van der Waals surface area contributed by atoms with E-state index >= 15 is 0 Å². The molecule has 1 unspecified atom stereocenters. The molecule has 0 fully saturated rings. The molecular formula is C8H13F3. The molecule has 0 spiro atoms. The van der Waals surface area contributed by atoms with Crippen LogP contribution in [0.2, 0.25) is 0 Å². The molecule has 0 heterocycles. The Bertz CT molecular complexity index is 136. The summed E-state index contributed by atoms with van der Waals surface area (Å²) in [5, 5.41) is 0. The van der Waals surface area contributed by atoms with Crippen molar-refractivity contribution in [3.63, 3.8) is 0 Å². The number of allylic oxidation sites excluding steroid dienone is 2. The Balaban J connectivity index is 4.15. The molecule has 0 N–H and O–H groups in total. The monoisotopic (exact) mass is 166 g/mol. The zero-order valence-electron chi connectivity index (χ0n) is 6.83. The lowest BCUT2D eigenvalue weighted by Gasteiger charge is -2.08. The highest BCUT2D eigenvalue weighted by Gasteiger charge is 2.13. The van der Waals surface area contributed by atoms with Gasteiger partial charge in [0.25, 0.3) is 0 Å². The van der Waals surface area contributed by atoms with Crippen LogP contribution in [0.4, 0.5) is 13.2 Å². The molecule has 0 aromatic heterocycles. The molecule has 0 aliphatic heterocycles. The van der Waals surface area contributed by atoms with E-state index in [4.69, 9.17) is 0 Å². The summed E-state index contributed by atoms with van der Waals surface area (Å²) in [6, 6.07) is 0. The minimum absolute atomic E-state index is 0.0858. The van der Waals surface area contributed by atoms with Crippen molar-refractivity contribution >= 4 is 0 Å². The van der Waals surface area contributed by atoms with Gasteiger partial charge in [-0.25, -0.2) is 8.78 Å². The largest absolute Gasteiger partial charge is 0.251 e. The fourth-order valence-corrected chi connectivity index (χ4v) is 0.951. The van der Waals surface area contributed by atoms with Crippen molar-refractivity contribution in [1.29, 1.82) is 0 Å². The van der Waals surface area contributed by atoms with Gasteiger partial charge in [0.15, 0.2) is 0 Å². The number of halogens is 3. The fourth-order valence-electron chi connectivity index (χ4n) is 0.951. The van der Waals surface area contributed by atoms with Gasteiger partial charge in [0, 0.05) is 6.42 Å². The molecular weight excluding hydrogens is 153 g/mol. The van der Waals surface area contributed by atoms with Gasteiger partial charge < -0.3 is 0 Å². The second-order valence-electron chi connectivity index (χ2n) is 2.36. The van der Waals surface area contributed by atoms with Crippen LogP contribution in [0, 0.1) is 0 Å². The quantitative estimate of drug-likeness (QED) is 0.600. The molecule has 0 radical (unpaired) electrons. The summed E-state index contributed by atoms with van der Waals surface area (Å²) < 4.78 is 36.9. The van der Waals surface area contributed by atoms with Crippen molar-refractivity contribution in [1.82, 2.24) is 0 Å². The third-order valence-electron chi connectivity index (χ3n) is 1.56. The van der Waals surface area contributed by atoms with Gasteiger partial charge >= 0.3 is 0 Å². The van der Waals surface area contributed by atoms with Crippen molar-refractivity contribution < 1.29 is 13.2 Å². The van der Waals surface area contributed by atoms with Crippen molar-refractivity contribution in [2.45, 2.75) is 32.9 Å². The van der Waals surface area contributed by atoms with Crippen LogP contribution in [0.15, 0.2) is 11.4 Å². The second-order valence-corrected chi connectivity index (χ2v) is 2.36. The van der Waals surface area contributed by atoms with E-state index in [0.29, 0.717) is 6.42 Å². The first-order chi connectivity index (χ1) is 5.13. The Labute approximate surface area is 65.1 Å². The highest BCUT2D eigenvalue weighted by molar-refractivity contribution is 5.10. The van der Waals surface area contributed by atoms with Crippen LogP contribution in [0.1, 0.15) is 26.7 Å². The summed E-state index contributed by atoms with van der Waals surface area (Å²) in [5.41, 5.74) is 0.0858. The third-order valence-corrected chi connectivity index (χ3v) is 1.56. The molecule has 0 saturated heterocycles. The Morgan fingerprint density at radius 2 is 2.00 bits per heavy atom. The smallest absolute Gasteiger partial charge is 0.126 e. The van der Waals surface area contributed by atoms with Crippen LogP contribution in [0.5, 0.6) is 0 Å². The maximum Gasteiger partial charge on any atom is 0.126 e. The van der Waals surface area contributed by atoms with E-state index in [1.807, 2.05) is 0 Å². The lowest BCUT2D eigenvalue weighted by atomic mass is 10.1. The summed E-state index contributed by atoms with van der Waals surface area (Å²) in [7, 11) is 0. The molecule has 0 aliphatic carbocycles. The first-order valence-electron chi connectivity index (χ1n) is 3.68. The van der Waals surface area contributed by atoms with Crippen LogP contribution in [-0.2, 0) is 0 Å². The first-order valence-corrected chi connectivity index (χ1v) is 3.68. The SMILES string of the molecule is CCC(=C(C)F)C(F)CCF. The zero-order valence-corrected chi connectivity index (χ0v) is 6.83. The zero-order chi connectivity index (χ0) is 8.85. The Hall–Kier alpha value is -0.470. The molecule has 0 bridgehead atoms. The van der Waals surface area contributed by atoms with Gasteiger partial charge in [-0.1, -0.05) is 6.92 Å². The van der Waals surface area contributed by atoms with Crippen molar-refractivity contribution in [2.75, 3.05) is 6.67 Å². The predicted octanol–water partition coefficient (Wildman–Crippen LogP) is 3.34. The van der Waals surface area contributed by atoms with Crippen LogP contribution >= 0.6 is 0 Å². The minimum Gasteiger partial charge on any atom is -0.251 e. The van der Waals surface area contributed by atoms with Crippen LogP contribution in [0.25, 0.3) is 0 Å². The van der Waals surface area contributed by atoms with Gasteiger partial charge in [-0.3, -0.25) is 4.39 Å². The third kappa shape index (κ3) is 3.44. The van der Waals surface area contributed by atoms with Gasteiger partial charge in [0.1, 0.15) is 6.17 Å².